The van der Waals surface area contributed by atoms with Crippen molar-refractivity contribution >= 4 is 65.9 Å². The average molecular weight is 464 g/mol. The van der Waals surface area contributed by atoms with E-state index in [1.165, 1.54) is 30.6 Å². The molecule has 0 bridgehead atoms. The first-order valence-electron chi connectivity index (χ1n) is 9.93. The van der Waals surface area contributed by atoms with E-state index in [0.717, 1.165) is 34.3 Å². The fraction of sp³-hybridized carbons (Fsp3) is 0.381. The van der Waals surface area contributed by atoms with Crippen LogP contribution in [0.3, 0.4) is 0 Å². The lowest BCUT2D eigenvalue weighted by molar-refractivity contribution is -0.139. The molecule has 164 valence electrons. The Hall–Kier alpha value is -2.85. The molecule has 0 unspecified atom stereocenters. The number of hydrogen-bond donors (Lipinski definition) is 3. The number of carboxylic acids is 2. The largest absolute Gasteiger partial charge is 0.479 e. The van der Waals surface area contributed by atoms with Crippen molar-refractivity contribution in [2.45, 2.75) is 32.1 Å². The lowest BCUT2D eigenvalue weighted by Gasteiger charge is -2.21. The Morgan fingerprint density at radius 1 is 1.06 bits per heavy atom. The van der Waals surface area contributed by atoms with Crippen LogP contribution >= 0.6 is 22.7 Å². The molecule has 8 nitrogen and oxygen atoms in total. The van der Waals surface area contributed by atoms with Gasteiger partial charge < -0.3 is 19.7 Å². The van der Waals surface area contributed by atoms with Crippen molar-refractivity contribution in [2.75, 3.05) is 18.5 Å². The quantitative estimate of drug-likeness (QED) is 0.428. The molecule has 1 aromatic carbocycles. The third-order valence-corrected chi connectivity index (χ3v) is 7.69. The molecule has 0 saturated heterocycles. The van der Waals surface area contributed by atoms with Crippen molar-refractivity contribution in [2.24, 2.45) is 5.92 Å². The highest BCUT2D eigenvalue weighted by Gasteiger charge is 2.24. The summed E-state index contributed by atoms with van der Waals surface area (Å²) >= 11 is 2.34. The van der Waals surface area contributed by atoms with Crippen molar-refractivity contribution in [1.82, 2.24) is 0 Å². The Bertz CT molecular complexity index is 1140. The second kappa shape index (κ2) is 9.11. The number of rotatable bonds is 7. The molecule has 2 aromatic heterocycles. The summed E-state index contributed by atoms with van der Waals surface area (Å²) in [7, 11) is 0. The van der Waals surface area contributed by atoms with Crippen LogP contribution in [0.25, 0.3) is 19.5 Å². The highest BCUT2D eigenvalue weighted by atomic mass is 32.1. The Morgan fingerprint density at radius 3 is 2.55 bits per heavy atom. The summed E-state index contributed by atoms with van der Waals surface area (Å²) < 4.78 is 12.8. The van der Waals surface area contributed by atoms with Gasteiger partial charge in [-0.1, -0.05) is 25.3 Å². The molecule has 0 aliphatic heterocycles. The van der Waals surface area contributed by atoms with Crippen LogP contribution < -0.4 is 10.1 Å². The van der Waals surface area contributed by atoms with Gasteiger partial charge in [0.05, 0.1) is 16.0 Å². The van der Waals surface area contributed by atoms with E-state index in [4.69, 9.17) is 14.6 Å². The Kier molecular flexibility index (Phi) is 6.28. The molecule has 2 heterocycles. The number of carbonyl (C=O) groups is 3. The van der Waals surface area contributed by atoms with Crippen LogP contribution in [0.5, 0.6) is 5.75 Å². The number of aromatic carboxylic acids is 1. The number of fused-ring (bicyclic) bond motifs is 3. The predicted molar refractivity (Wildman–Crippen MR) is 119 cm³/mol. The molecule has 4 rings (SSSR count). The van der Waals surface area contributed by atoms with Gasteiger partial charge in [-0.3, -0.25) is 5.32 Å². The first kappa shape index (κ1) is 21.4. The summed E-state index contributed by atoms with van der Waals surface area (Å²) in [5.74, 6) is -1.85. The first-order valence-corrected chi connectivity index (χ1v) is 11.6. The maximum Gasteiger partial charge on any atom is 0.411 e. The number of carboxylic acid groups (broad SMARTS) is 2. The van der Waals surface area contributed by atoms with Gasteiger partial charge in [0.1, 0.15) is 0 Å². The summed E-state index contributed by atoms with van der Waals surface area (Å²) in [4.78, 5) is 34.6. The van der Waals surface area contributed by atoms with Crippen molar-refractivity contribution in [1.29, 1.82) is 0 Å². The lowest BCUT2D eigenvalue weighted by Crippen LogP contribution is -2.20. The molecule has 1 amide bonds. The summed E-state index contributed by atoms with van der Waals surface area (Å²) in [6.07, 6.45) is 5.30. The van der Waals surface area contributed by atoms with Gasteiger partial charge in [-0.15, -0.1) is 22.7 Å². The number of benzene rings is 1. The molecule has 0 spiro atoms. The number of ether oxygens (including phenoxy) is 2. The number of thiophene rings is 2. The predicted octanol–water partition coefficient (Wildman–Crippen LogP) is 5.41. The molecule has 1 aliphatic carbocycles. The zero-order valence-corrected chi connectivity index (χ0v) is 18.1. The second-order valence-electron chi connectivity index (χ2n) is 7.45. The number of hydrogen-bond acceptors (Lipinski definition) is 7. The Balaban J connectivity index is 1.53. The normalized spacial score (nSPS) is 14.6. The third-order valence-electron chi connectivity index (χ3n) is 5.22. The van der Waals surface area contributed by atoms with Gasteiger partial charge in [0.15, 0.2) is 17.2 Å². The number of amides is 1. The van der Waals surface area contributed by atoms with Gasteiger partial charge in [-0.25, -0.2) is 14.4 Å². The van der Waals surface area contributed by atoms with E-state index in [1.54, 1.807) is 18.2 Å². The van der Waals surface area contributed by atoms with E-state index >= 15 is 0 Å². The van der Waals surface area contributed by atoms with Crippen LogP contribution in [0.1, 0.15) is 41.8 Å². The minimum absolute atomic E-state index is 0.0297. The van der Waals surface area contributed by atoms with Crippen LogP contribution in [0.15, 0.2) is 18.2 Å². The average Bonchev–Trinajstić information content (AvgIpc) is 3.27. The van der Waals surface area contributed by atoms with Gasteiger partial charge in [-0.2, -0.15) is 0 Å². The van der Waals surface area contributed by atoms with Crippen LogP contribution in [0.2, 0.25) is 0 Å². The van der Waals surface area contributed by atoms with E-state index in [9.17, 15) is 19.5 Å². The van der Waals surface area contributed by atoms with Crippen molar-refractivity contribution < 1.29 is 34.1 Å². The number of anilines is 1. The van der Waals surface area contributed by atoms with Crippen molar-refractivity contribution in [3.63, 3.8) is 0 Å². The van der Waals surface area contributed by atoms with Crippen LogP contribution in [-0.2, 0) is 9.53 Å². The van der Waals surface area contributed by atoms with Gasteiger partial charge in [0.25, 0.3) is 0 Å². The number of nitrogens with one attached hydrogen (secondary N) is 1. The fourth-order valence-corrected chi connectivity index (χ4v) is 6.30. The third kappa shape index (κ3) is 4.75. The summed E-state index contributed by atoms with van der Waals surface area (Å²) in [6.45, 7) is -0.203. The zero-order chi connectivity index (χ0) is 22.0. The number of aliphatic carboxylic acids is 1. The minimum atomic E-state index is -1.19. The maximum atomic E-state index is 12.2. The SMILES string of the molecule is O=C(O)COc1c(C(=O)O)sc2c1sc1cc(NC(=O)OCC3CCCCC3)ccc12. The van der Waals surface area contributed by atoms with E-state index in [1.807, 2.05) is 0 Å². The van der Waals surface area contributed by atoms with Gasteiger partial charge in [0, 0.05) is 15.8 Å². The highest BCUT2D eigenvalue weighted by Crippen LogP contribution is 2.47. The van der Waals surface area contributed by atoms with E-state index in [-0.39, 0.29) is 10.6 Å². The highest BCUT2D eigenvalue weighted by molar-refractivity contribution is 7.34. The standard InChI is InChI=1S/C21H21NO7S2/c23-15(24)10-28-16-18-17(31-19(16)20(25)26)13-7-6-12(8-14(13)30-18)22-21(27)29-9-11-4-2-1-3-5-11/h6-8,11H,1-5,9-10H2,(H,22,27)(H,23,24)(H,25,26). The summed E-state index contributed by atoms with van der Waals surface area (Å²) in [5.41, 5.74) is 0.571. The maximum absolute atomic E-state index is 12.2. The van der Waals surface area contributed by atoms with Crippen molar-refractivity contribution in [3.05, 3.63) is 23.1 Å². The molecule has 1 fully saturated rings. The fourth-order valence-electron chi connectivity index (χ4n) is 3.76. The van der Waals surface area contributed by atoms with E-state index < -0.39 is 24.6 Å². The van der Waals surface area contributed by atoms with Gasteiger partial charge >= 0.3 is 18.0 Å². The topological polar surface area (TPSA) is 122 Å². The molecule has 10 heteroatoms. The molecule has 1 aliphatic rings. The van der Waals surface area contributed by atoms with Crippen LogP contribution in [0.4, 0.5) is 10.5 Å². The molecule has 0 atom stereocenters. The smallest absolute Gasteiger partial charge is 0.411 e. The Labute approximate surface area is 185 Å². The lowest BCUT2D eigenvalue weighted by atomic mass is 9.90. The molecular formula is C21H21NO7S2. The first-order chi connectivity index (χ1) is 14.9. The Morgan fingerprint density at radius 2 is 1.84 bits per heavy atom. The van der Waals surface area contributed by atoms with E-state index in [2.05, 4.69) is 5.32 Å². The zero-order valence-electron chi connectivity index (χ0n) is 16.5. The second-order valence-corrected chi connectivity index (χ2v) is 9.52. The molecule has 1 saturated carbocycles. The monoisotopic (exact) mass is 463 g/mol. The van der Waals surface area contributed by atoms with Crippen LogP contribution in [0, 0.1) is 5.92 Å². The molecule has 3 N–H and O–H groups in total. The molecule has 31 heavy (non-hydrogen) atoms. The minimum Gasteiger partial charge on any atom is -0.479 e. The van der Waals surface area contributed by atoms with E-state index in [0.29, 0.717) is 27.6 Å². The number of carbonyl (C=O) groups excluding carboxylic acids is 1. The van der Waals surface area contributed by atoms with Gasteiger partial charge in [0.2, 0.25) is 0 Å². The molecule has 3 aromatic rings. The molecular weight excluding hydrogens is 442 g/mol. The molecule has 0 radical (unpaired) electrons. The summed E-state index contributed by atoms with van der Waals surface area (Å²) in [5, 5.41) is 21.9. The van der Waals surface area contributed by atoms with Crippen molar-refractivity contribution in [3.8, 4) is 5.75 Å². The summed E-state index contributed by atoms with van der Waals surface area (Å²) in [6, 6.07) is 5.32. The van der Waals surface area contributed by atoms with Crippen LogP contribution in [-0.4, -0.2) is 41.5 Å². The van der Waals surface area contributed by atoms with Gasteiger partial charge in [-0.05, 0) is 30.9 Å².